The van der Waals surface area contributed by atoms with E-state index in [1.54, 1.807) is 61.5 Å². The monoisotopic (exact) mass is 472 g/mol. The molecule has 3 rings (SSSR count). The molecule has 0 radical (unpaired) electrons. The number of aldehydes is 1. The zero-order chi connectivity index (χ0) is 23.4. The average Bonchev–Trinajstić information content (AvgIpc) is 3.18. The molecule has 0 aliphatic carbocycles. The maximum atomic E-state index is 13.8. The number of carbonyl (C=O) groups is 1. The topological polar surface area (TPSA) is 89.7 Å². The lowest BCUT2D eigenvalue weighted by atomic mass is 10.0. The fourth-order valence-corrected chi connectivity index (χ4v) is 5.28. The Morgan fingerprint density at radius 3 is 2.38 bits per heavy atom. The number of anilines is 1. The number of hydrogen-bond donors (Lipinski definition) is 0. The van der Waals surface area contributed by atoms with Gasteiger partial charge in [-0.25, -0.2) is 12.7 Å². The Labute approximate surface area is 190 Å². The SMILES string of the molecule is Cc1cc(N(COCC[Si](C)(C)C)S(=O)(=O)c2ccccc2-c2ccc(C=O)cc2)on1. The van der Waals surface area contributed by atoms with Crippen LogP contribution in [-0.2, 0) is 14.8 Å². The molecule has 0 fully saturated rings. The van der Waals surface area contributed by atoms with Crippen molar-refractivity contribution in [2.75, 3.05) is 17.6 Å². The highest BCUT2D eigenvalue weighted by Gasteiger charge is 2.30. The number of sulfonamides is 1. The van der Waals surface area contributed by atoms with E-state index in [-0.39, 0.29) is 17.5 Å². The molecule has 0 saturated carbocycles. The Morgan fingerprint density at radius 1 is 1.09 bits per heavy atom. The van der Waals surface area contributed by atoms with Crippen LogP contribution in [0.4, 0.5) is 5.88 Å². The van der Waals surface area contributed by atoms with Crippen LogP contribution in [0.25, 0.3) is 11.1 Å². The van der Waals surface area contributed by atoms with Crippen LogP contribution >= 0.6 is 0 Å². The molecular weight excluding hydrogens is 444 g/mol. The van der Waals surface area contributed by atoms with Crippen molar-refractivity contribution in [3.63, 3.8) is 0 Å². The van der Waals surface area contributed by atoms with E-state index in [4.69, 9.17) is 9.26 Å². The number of benzene rings is 2. The van der Waals surface area contributed by atoms with E-state index in [9.17, 15) is 13.2 Å². The molecule has 1 heterocycles. The molecule has 1 aromatic heterocycles. The van der Waals surface area contributed by atoms with E-state index in [0.717, 1.165) is 16.6 Å². The zero-order valence-corrected chi connectivity index (χ0v) is 20.6. The number of rotatable bonds is 10. The standard InChI is InChI=1S/C23H28N2O5SSi/c1-18-15-23(30-24-18)25(17-29-13-14-32(2,3)4)31(27,28)22-8-6-5-7-21(22)20-11-9-19(16-26)10-12-20/h5-12,15-16H,13-14,17H2,1-4H3. The fraction of sp³-hybridized carbons (Fsp3) is 0.304. The maximum Gasteiger partial charge on any atom is 0.269 e. The average molecular weight is 473 g/mol. The maximum absolute atomic E-state index is 13.8. The first-order valence-corrected chi connectivity index (χ1v) is 15.4. The molecule has 0 unspecified atom stereocenters. The van der Waals surface area contributed by atoms with Crippen LogP contribution in [0, 0.1) is 6.92 Å². The molecule has 9 heteroatoms. The van der Waals surface area contributed by atoms with Gasteiger partial charge in [0.05, 0.1) is 10.6 Å². The van der Waals surface area contributed by atoms with Crippen LogP contribution in [0.1, 0.15) is 16.1 Å². The van der Waals surface area contributed by atoms with Gasteiger partial charge in [0.1, 0.15) is 13.0 Å². The van der Waals surface area contributed by atoms with Crippen LogP contribution in [0.15, 0.2) is 64.0 Å². The summed E-state index contributed by atoms with van der Waals surface area (Å²) in [6.07, 6.45) is 0.748. The minimum atomic E-state index is -4.03. The first-order valence-electron chi connectivity index (χ1n) is 10.3. The van der Waals surface area contributed by atoms with E-state index in [0.29, 0.717) is 29.0 Å². The van der Waals surface area contributed by atoms with Crippen molar-refractivity contribution in [1.82, 2.24) is 5.16 Å². The number of ether oxygens (including phenoxy) is 1. The van der Waals surface area contributed by atoms with Gasteiger partial charge in [0.15, 0.2) is 0 Å². The summed E-state index contributed by atoms with van der Waals surface area (Å²) >= 11 is 0. The van der Waals surface area contributed by atoms with Crippen molar-refractivity contribution < 1.29 is 22.5 Å². The van der Waals surface area contributed by atoms with Gasteiger partial charge in [-0.3, -0.25) is 4.79 Å². The third kappa shape index (κ3) is 5.73. The van der Waals surface area contributed by atoms with Gasteiger partial charge < -0.3 is 9.26 Å². The molecule has 0 amide bonds. The zero-order valence-electron chi connectivity index (χ0n) is 18.7. The molecule has 32 heavy (non-hydrogen) atoms. The van der Waals surface area contributed by atoms with Crippen molar-refractivity contribution in [2.24, 2.45) is 0 Å². The van der Waals surface area contributed by atoms with Gasteiger partial charge in [0.25, 0.3) is 10.0 Å². The first kappa shape index (κ1) is 23.9. The summed E-state index contributed by atoms with van der Waals surface area (Å²) in [7, 11) is -5.36. The Kier molecular flexibility index (Phi) is 7.32. The van der Waals surface area contributed by atoms with Crippen LogP contribution in [0.5, 0.6) is 0 Å². The van der Waals surface area contributed by atoms with E-state index in [2.05, 4.69) is 24.8 Å². The quantitative estimate of drug-likeness (QED) is 0.179. The van der Waals surface area contributed by atoms with Crippen molar-refractivity contribution in [3.05, 3.63) is 65.9 Å². The third-order valence-corrected chi connectivity index (χ3v) is 8.36. The van der Waals surface area contributed by atoms with Crippen LogP contribution in [0.3, 0.4) is 0 Å². The largest absolute Gasteiger partial charge is 0.360 e. The van der Waals surface area contributed by atoms with Gasteiger partial charge in [-0.2, -0.15) is 0 Å². The predicted octanol–water partition coefficient (Wildman–Crippen LogP) is 4.97. The number of aromatic nitrogens is 1. The van der Waals surface area contributed by atoms with E-state index in [1.807, 2.05) is 0 Å². The number of carbonyl (C=O) groups excluding carboxylic acids is 1. The van der Waals surface area contributed by atoms with Crippen LogP contribution in [0.2, 0.25) is 25.7 Å². The molecule has 0 bridgehead atoms. The summed E-state index contributed by atoms with van der Waals surface area (Å²) in [5.74, 6) is 0.0987. The van der Waals surface area contributed by atoms with Crippen LogP contribution in [-0.4, -0.2) is 41.3 Å². The first-order chi connectivity index (χ1) is 15.1. The lowest BCUT2D eigenvalue weighted by molar-refractivity contribution is 0.112. The van der Waals surface area contributed by atoms with Gasteiger partial charge in [0, 0.05) is 31.9 Å². The fourth-order valence-electron chi connectivity index (χ4n) is 3.03. The van der Waals surface area contributed by atoms with Crippen molar-refractivity contribution >= 4 is 30.3 Å². The Hall–Kier alpha value is -2.75. The molecule has 0 aliphatic rings. The summed E-state index contributed by atoms with van der Waals surface area (Å²) < 4.78 is 39.7. The number of hydrogen-bond acceptors (Lipinski definition) is 6. The van der Waals surface area contributed by atoms with Gasteiger partial charge in [0.2, 0.25) is 5.88 Å². The van der Waals surface area contributed by atoms with E-state index in [1.165, 1.54) is 0 Å². The lowest BCUT2D eigenvalue weighted by Crippen LogP contribution is -2.34. The molecular formula is C23H28N2O5SSi. The second-order valence-corrected chi connectivity index (χ2v) is 16.2. The smallest absolute Gasteiger partial charge is 0.269 e. The molecule has 0 atom stereocenters. The minimum absolute atomic E-state index is 0.0987. The minimum Gasteiger partial charge on any atom is -0.360 e. The summed E-state index contributed by atoms with van der Waals surface area (Å²) in [5.41, 5.74) is 2.29. The normalized spacial score (nSPS) is 12.0. The highest BCUT2D eigenvalue weighted by molar-refractivity contribution is 7.93. The van der Waals surface area contributed by atoms with Gasteiger partial charge in [-0.15, -0.1) is 0 Å². The van der Waals surface area contributed by atoms with Crippen molar-refractivity contribution in [3.8, 4) is 11.1 Å². The molecule has 0 saturated heterocycles. The molecule has 0 spiro atoms. The summed E-state index contributed by atoms with van der Waals surface area (Å²) in [6, 6.07) is 16.0. The second-order valence-electron chi connectivity index (χ2n) is 8.74. The summed E-state index contributed by atoms with van der Waals surface area (Å²) in [6.45, 7) is 8.71. The molecule has 2 aromatic carbocycles. The molecule has 7 nitrogen and oxygen atoms in total. The third-order valence-electron chi connectivity index (χ3n) is 4.88. The van der Waals surface area contributed by atoms with Crippen molar-refractivity contribution in [1.29, 1.82) is 0 Å². The lowest BCUT2D eigenvalue weighted by Gasteiger charge is -2.23. The molecule has 170 valence electrons. The van der Waals surface area contributed by atoms with E-state index >= 15 is 0 Å². The Morgan fingerprint density at radius 2 is 1.78 bits per heavy atom. The Bertz CT molecular complexity index is 1170. The van der Waals surface area contributed by atoms with Crippen LogP contribution < -0.4 is 4.31 Å². The number of nitrogens with zero attached hydrogens (tertiary/aromatic N) is 2. The number of aryl methyl sites for hydroxylation is 1. The van der Waals surface area contributed by atoms with E-state index < -0.39 is 18.1 Å². The Balaban J connectivity index is 1.98. The predicted molar refractivity (Wildman–Crippen MR) is 127 cm³/mol. The van der Waals surface area contributed by atoms with Gasteiger partial charge in [-0.05, 0) is 24.6 Å². The van der Waals surface area contributed by atoms with Crippen molar-refractivity contribution in [2.45, 2.75) is 37.5 Å². The molecule has 3 aromatic rings. The summed E-state index contributed by atoms with van der Waals surface area (Å²) in [5, 5.41) is 3.85. The molecule has 0 N–H and O–H groups in total. The molecule has 0 aliphatic heterocycles. The van der Waals surface area contributed by atoms with Gasteiger partial charge >= 0.3 is 0 Å². The summed E-state index contributed by atoms with van der Waals surface area (Å²) in [4.78, 5) is 11.1. The highest BCUT2D eigenvalue weighted by Crippen LogP contribution is 2.32. The second kappa shape index (κ2) is 9.80. The highest BCUT2D eigenvalue weighted by atomic mass is 32.2. The van der Waals surface area contributed by atoms with Gasteiger partial charge in [-0.1, -0.05) is 67.3 Å².